The van der Waals surface area contributed by atoms with E-state index >= 15 is 0 Å². The van der Waals surface area contributed by atoms with Crippen molar-refractivity contribution in [2.24, 2.45) is 0 Å². The molecule has 0 bridgehead atoms. The highest BCUT2D eigenvalue weighted by molar-refractivity contribution is 7.92. The number of nitrogens with zero attached hydrogens (tertiary/aromatic N) is 2. The lowest BCUT2D eigenvalue weighted by Gasteiger charge is -2.33. The lowest BCUT2D eigenvalue weighted by atomic mass is 10.1. The Morgan fingerprint density at radius 1 is 0.860 bits per heavy atom. The Morgan fingerprint density at radius 2 is 1.53 bits per heavy atom. The molecule has 43 heavy (non-hydrogen) atoms. The number of carbonyl (C=O) groups excluding carboxylic acids is 2. The van der Waals surface area contributed by atoms with Crippen molar-refractivity contribution >= 4 is 27.5 Å². The summed E-state index contributed by atoms with van der Waals surface area (Å²) in [4.78, 5) is 28.8. The summed E-state index contributed by atoms with van der Waals surface area (Å²) < 4.78 is 45.1. The SMILES string of the molecule is CCCCNC(=O)[C@@H](CC)N(Cc1ccc(OC)cc1)C(=O)CN(c1ccccc1)S(=O)(=O)c1ccc(OC)c(OC)c1. The van der Waals surface area contributed by atoms with Crippen LogP contribution in [0.2, 0.25) is 0 Å². The predicted molar refractivity (Wildman–Crippen MR) is 166 cm³/mol. The van der Waals surface area contributed by atoms with Gasteiger partial charge >= 0.3 is 0 Å². The maximum atomic E-state index is 14.2. The van der Waals surface area contributed by atoms with E-state index in [0.717, 1.165) is 22.7 Å². The van der Waals surface area contributed by atoms with Gasteiger partial charge in [-0.05, 0) is 54.8 Å². The molecule has 0 fully saturated rings. The topological polar surface area (TPSA) is 114 Å². The number of methoxy groups -OCH3 is 3. The van der Waals surface area contributed by atoms with Gasteiger partial charge in [0.2, 0.25) is 11.8 Å². The van der Waals surface area contributed by atoms with Gasteiger partial charge in [0.1, 0.15) is 18.3 Å². The molecule has 0 aliphatic rings. The van der Waals surface area contributed by atoms with Crippen molar-refractivity contribution in [1.82, 2.24) is 10.2 Å². The number of benzene rings is 3. The molecule has 2 amide bonds. The number of hydrogen-bond donors (Lipinski definition) is 1. The highest BCUT2D eigenvalue weighted by Crippen LogP contribution is 2.32. The van der Waals surface area contributed by atoms with Crippen LogP contribution in [-0.4, -0.2) is 65.6 Å². The number of sulfonamides is 1. The molecule has 3 aromatic rings. The van der Waals surface area contributed by atoms with E-state index in [4.69, 9.17) is 14.2 Å². The fourth-order valence-electron chi connectivity index (χ4n) is 4.58. The first-order valence-electron chi connectivity index (χ1n) is 14.2. The van der Waals surface area contributed by atoms with E-state index in [0.29, 0.717) is 30.2 Å². The Kier molecular flexibility index (Phi) is 12.2. The van der Waals surface area contributed by atoms with Crippen LogP contribution in [0.25, 0.3) is 0 Å². The van der Waals surface area contributed by atoms with Gasteiger partial charge < -0.3 is 24.4 Å². The minimum atomic E-state index is -4.26. The average molecular weight is 612 g/mol. The van der Waals surface area contributed by atoms with Gasteiger partial charge in [-0.15, -0.1) is 0 Å². The molecule has 3 rings (SSSR count). The number of unbranched alkanes of at least 4 members (excludes halogenated alkanes) is 1. The first-order valence-corrected chi connectivity index (χ1v) is 15.6. The third-order valence-electron chi connectivity index (χ3n) is 6.99. The number of amides is 2. The zero-order valence-electron chi connectivity index (χ0n) is 25.4. The van der Waals surface area contributed by atoms with Crippen molar-refractivity contribution in [2.45, 2.75) is 50.6 Å². The molecule has 0 unspecified atom stereocenters. The molecule has 0 saturated carbocycles. The summed E-state index contributed by atoms with van der Waals surface area (Å²) >= 11 is 0. The molecule has 0 aliphatic carbocycles. The number of ether oxygens (including phenoxy) is 3. The maximum absolute atomic E-state index is 14.2. The largest absolute Gasteiger partial charge is 0.497 e. The lowest BCUT2D eigenvalue weighted by Crippen LogP contribution is -2.52. The monoisotopic (exact) mass is 611 g/mol. The van der Waals surface area contributed by atoms with Crippen molar-refractivity contribution in [2.75, 3.05) is 38.7 Å². The van der Waals surface area contributed by atoms with Gasteiger partial charge in [0.15, 0.2) is 11.5 Å². The summed E-state index contributed by atoms with van der Waals surface area (Å²) in [5.74, 6) is 0.448. The molecular weight excluding hydrogens is 570 g/mol. The highest BCUT2D eigenvalue weighted by atomic mass is 32.2. The van der Waals surface area contributed by atoms with E-state index in [1.807, 2.05) is 26.0 Å². The maximum Gasteiger partial charge on any atom is 0.264 e. The molecule has 11 heteroatoms. The molecular formula is C32H41N3O7S. The van der Waals surface area contributed by atoms with Gasteiger partial charge in [-0.25, -0.2) is 8.42 Å². The van der Waals surface area contributed by atoms with Crippen LogP contribution in [0.15, 0.2) is 77.7 Å². The molecule has 3 aromatic carbocycles. The van der Waals surface area contributed by atoms with E-state index in [1.54, 1.807) is 49.6 Å². The van der Waals surface area contributed by atoms with Gasteiger partial charge in [-0.2, -0.15) is 0 Å². The molecule has 232 valence electrons. The summed E-state index contributed by atoms with van der Waals surface area (Å²) in [5, 5.41) is 2.93. The summed E-state index contributed by atoms with van der Waals surface area (Å²) in [7, 11) is 0.182. The zero-order chi connectivity index (χ0) is 31.4. The van der Waals surface area contributed by atoms with Crippen molar-refractivity contribution in [3.8, 4) is 17.2 Å². The number of rotatable bonds is 16. The Morgan fingerprint density at radius 3 is 2.12 bits per heavy atom. The quantitative estimate of drug-likeness (QED) is 0.235. The molecule has 1 N–H and O–H groups in total. The molecule has 0 heterocycles. The molecule has 10 nitrogen and oxygen atoms in total. The second kappa shape index (κ2) is 15.8. The van der Waals surface area contributed by atoms with Crippen LogP contribution < -0.4 is 23.8 Å². The standard InChI is InChI=1S/C32H41N3O7S/c1-6-8-20-33-32(37)28(7-2)34(22-24-14-16-26(40-3)17-15-24)31(36)23-35(25-12-10-9-11-13-25)43(38,39)27-18-19-29(41-4)30(21-27)42-5/h9-19,21,28H,6-8,20,22-23H2,1-5H3,(H,33,37)/t28-/m1/s1. The Bertz CT molecular complexity index is 1450. The first-order chi connectivity index (χ1) is 20.7. The van der Waals surface area contributed by atoms with Crippen LogP contribution in [0.3, 0.4) is 0 Å². The van der Waals surface area contributed by atoms with Crippen LogP contribution in [0, 0.1) is 0 Å². The number of hydrogen-bond acceptors (Lipinski definition) is 7. The van der Waals surface area contributed by atoms with Crippen molar-refractivity contribution in [1.29, 1.82) is 0 Å². The van der Waals surface area contributed by atoms with Crippen LogP contribution in [0.4, 0.5) is 5.69 Å². The fraction of sp³-hybridized carbons (Fsp3) is 0.375. The van der Waals surface area contributed by atoms with Gasteiger partial charge in [0.05, 0.1) is 31.9 Å². The zero-order valence-corrected chi connectivity index (χ0v) is 26.2. The lowest BCUT2D eigenvalue weighted by molar-refractivity contribution is -0.140. The van der Waals surface area contributed by atoms with E-state index in [2.05, 4.69) is 5.32 Å². The third-order valence-corrected chi connectivity index (χ3v) is 8.76. The molecule has 0 saturated heterocycles. The van der Waals surface area contributed by atoms with E-state index in [9.17, 15) is 18.0 Å². The van der Waals surface area contributed by atoms with Crippen LogP contribution >= 0.6 is 0 Å². The minimum absolute atomic E-state index is 0.0761. The van der Waals surface area contributed by atoms with Crippen LogP contribution in [0.5, 0.6) is 17.2 Å². The molecule has 1 atom stereocenters. The fourth-order valence-corrected chi connectivity index (χ4v) is 6.01. The normalized spacial score (nSPS) is 11.7. The minimum Gasteiger partial charge on any atom is -0.497 e. The van der Waals surface area contributed by atoms with Gasteiger partial charge in [0, 0.05) is 19.2 Å². The second-order valence-corrected chi connectivity index (χ2v) is 11.7. The number of para-hydroxylation sites is 1. The number of anilines is 1. The van der Waals surface area contributed by atoms with Crippen molar-refractivity contribution < 1.29 is 32.2 Å². The Hall–Kier alpha value is -4.25. The number of carbonyl (C=O) groups is 2. The molecule has 0 radical (unpaired) electrons. The van der Waals surface area contributed by atoms with Gasteiger partial charge in [-0.1, -0.05) is 50.6 Å². The van der Waals surface area contributed by atoms with Crippen LogP contribution in [0.1, 0.15) is 38.7 Å². The molecule has 0 aliphatic heterocycles. The van der Waals surface area contributed by atoms with Gasteiger partial charge in [-0.3, -0.25) is 13.9 Å². The first kappa shape index (κ1) is 33.3. The Balaban J connectivity index is 2.04. The Labute approximate surface area is 254 Å². The smallest absolute Gasteiger partial charge is 0.264 e. The van der Waals surface area contributed by atoms with E-state index in [1.165, 1.54) is 37.3 Å². The van der Waals surface area contributed by atoms with Crippen LogP contribution in [-0.2, 0) is 26.2 Å². The summed E-state index contributed by atoms with van der Waals surface area (Å²) in [6, 6.07) is 19.0. The predicted octanol–water partition coefficient (Wildman–Crippen LogP) is 4.63. The summed E-state index contributed by atoms with van der Waals surface area (Å²) in [5.41, 5.74) is 1.07. The molecule has 0 spiro atoms. The van der Waals surface area contributed by atoms with Gasteiger partial charge in [0.25, 0.3) is 10.0 Å². The highest BCUT2D eigenvalue weighted by Gasteiger charge is 2.34. The average Bonchev–Trinajstić information content (AvgIpc) is 3.03. The second-order valence-electron chi connectivity index (χ2n) is 9.80. The van der Waals surface area contributed by atoms with E-state index < -0.39 is 28.5 Å². The van der Waals surface area contributed by atoms with E-state index in [-0.39, 0.29) is 23.1 Å². The summed E-state index contributed by atoms with van der Waals surface area (Å²) in [6.07, 6.45) is 2.05. The summed E-state index contributed by atoms with van der Waals surface area (Å²) in [6.45, 7) is 3.91. The number of nitrogens with one attached hydrogen (secondary N) is 1. The van der Waals surface area contributed by atoms with Crippen molar-refractivity contribution in [3.05, 3.63) is 78.4 Å². The molecule has 0 aromatic heterocycles. The third kappa shape index (κ3) is 8.41. The van der Waals surface area contributed by atoms with Crippen molar-refractivity contribution in [3.63, 3.8) is 0 Å².